The molecule has 1 aliphatic rings. The lowest BCUT2D eigenvalue weighted by molar-refractivity contribution is -0.122. The number of urea groups is 1. The molecule has 39 heavy (non-hydrogen) atoms. The van der Waals surface area contributed by atoms with Gasteiger partial charge in [0.2, 0.25) is 0 Å². The Hall–Kier alpha value is -3.97. The zero-order valence-electron chi connectivity index (χ0n) is 20.5. The largest absolute Gasteiger partial charge is 0.493 e. The van der Waals surface area contributed by atoms with Crippen LogP contribution in [0.15, 0.2) is 60.2 Å². The van der Waals surface area contributed by atoms with Crippen LogP contribution in [-0.2, 0) is 14.4 Å². The number of nitrogens with one attached hydrogen (secondary N) is 2. The number of methoxy groups -OCH3 is 1. The highest BCUT2D eigenvalue weighted by atomic mass is 127. The maximum absolute atomic E-state index is 13.2. The number of imide groups is 2. The molecular formula is C27H20ClFIN3O6. The normalized spacial score (nSPS) is 14.3. The second-order valence-corrected chi connectivity index (χ2v) is 9.84. The molecular weight excluding hydrogens is 644 g/mol. The van der Waals surface area contributed by atoms with E-state index in [4.69, 9.17) is 21.1 Å². The molecule has 0 radical (unpaired) electrons. The van der Waals surface area contributed by atoms with E-state index < -0.39 is 29.6 Å². The van der Waals surface area contributed by atoms with Crippen LogP contribution in [0.1, 0.15) is 11.1 Å². The number of nitrogens with zero attached hydrogens (tertiary/aromatic N) is 1. The van der Waals surface area contributed by atoms with Gasteiger partial charge >= 0.3 is 6.03 Å². The van der Waals surface area contributed by atoms with Crippen molar-refractivity contribution in [2.45, 2.75) is 6.92 Å². The molecule has 0 atom stereocenters. The minimum atomic E-state index is -0.892. The van der Waals surface area contributed by atoms with Crippen LogP contribution in [0.2, 0.25) is 5.02 Å². The first-order valence-corrected chi connectivity index (χ1v) is 12.8. The minimum absolute atomic E-state index is 0.210. The fourth-order valence-electron chi connectivity index (χ4n) is 3.61. The van der Waals surface area contributed by atoms with Crippen molar-refractivity contribution in [1.82, 2.24) is 5.32 Å². The second-order valence-electron chi connectivity index (χ2n) is 8.27. The Kier molecular flexibility index (Phi) is 8.51. The number of amides is 5. The van der Waals surface area contributed by atoms with Crippen LogP contribution in [0.3, 0.4) is 0 Å². The molecule has 2 N–H and O–H groups in total. The van der Waals surface area contributed by atoms with Gasteiger partial charge in [-0.1, -0.05) is 17.7 Å². The van der Waals surface area contributed by atoms with Gasteiger partial charge in [-0.2, -0.15) is 0 Å². The molecule has 0 aromatic heterocycles. The SMILES string of the molecule is COc1cc(/C=C2\C(=O)NC(=O)N(c3ccc(C)c(Cl)c3)C2=O)cc(I)c1OCC(=O)Nc1ccc(F)cc1. The number of barbiturate groups is 1. The van der Waals surface area contributed by atoms with Crippen molar-refractivity contribution in [3.8, 4) is 11.5 Å². The van der Waals surface area contributed by atoms with E-state index in [1.54, 1.807) is 25.1 Å². The molecule has 1 saturated heterocycles. The molecule has 5 amide bonds. The molecule has 1 aliphatic heterocycles. The van der Waals surface area contributed by atoms with Gasteiger partial charge in [-0.3, -0.25) is 19.7 Å². The van der Waals surface area contributed by atoms with Gasteiger partial charge in [0.15, 0.2) is 18.1 Å². The molecule has 1 fully saturated rings. The Labute approximate surface area is 241 Å². The first-order valence-electron chi connectivity index (χ1n) is 11.3. The lowest BCUT2D eigenvalue weighted by atomic mass is 10.1. The van der Waals surface area contributed by atoms with E-state index in [0.717, 1.165) is 10.5 Å². The summed E-state index contributed by atoms with van der Waals surface area (Å²) in [4.78, 5) is 51.4. The van der Waals surface area contributed by atoms with Crippen molar-refractivity contribution in [3.63, 3.8) is 0 Å². The third-order valence-corrected chi connectivity index (χ3v) is 6.76. The van der Waals surface area contributed by atoms with Crippen LogP contribution in [0.25, 0.3) is 6.08 Å². The summed E-state index contributed by atoms with van der Waals surface area (Å²) in [7, 11) is 1.40. The molecule has 9 nitrogen and oxygen atoms in total. The summed E-state index contributed by atoms with van der Waals surface area (Å²) in [5.41, 5.74) is 1.51. The second kappa shape index (κ2) is 11.8. The van der Waals surface area contributed by atoms with Gasteiger partial charge in [0.05, 0.1) is 16.4 Å². The summed E-state index contributed by atoms with van der Waals surface area (Å²) >= 11 is 8.13. The van der Waals surface area contributed by atoms with Gasteiger partial charge < -0.3 is 14.8 Å². The van der Waals surface area contributed by atoms with Crippen LogP contribution < -0.4 is 25.0 Å². The molecule has 3 aromatic carbocycles. The molecule has 4 rings (SSSR count). The molecule has 0 spiro atoms. The van der Waals surface area contributed by atoms with Gasteiger partial charge in [-0.15, -0.1) is 0 Å². The average Bonchev–Trinajstić information content (AvgIpc) is 2.89. The van der Waals surface area contributed by atoms with Crippen LogP contribution >= 0.6 is 34.2 Å². The number of hydrogen-bond donors (Lipinski definition) is 2. The molecule has 0 saturated carbocycles. The third kappa shape index (κ3) is 6.37. The van der Waals surface area contributed by atoms with E-state index in [1.165, 1.54) is 49.6 Å². The number of benzene rings is 3. The number of rotatable bonds is 7. The van der Waals surface area contributed by atoms with Crippen LogP contribution in [0.5, 0.6) is 11.5 Å². The predicted octanol–water partition coefficient (Wildman–Crippen LogP) is 5.08. The first kappa shape index (κ1) is 28.0. The van der Waals surface area contributed by atoms with Gasteiger partial charge in [-0.25, -0.2) is 14.1 Å². The number of hydrogen-bond acceptors (Lipinski definition) is 6. The summed E-state index contributed by atoms with van der Waals surface area (Å²) in [5, 5.41) is 5.12. The monoisotopic (exact) mass is 663 g/mol. The highest BCUT2D eigenvalue weighted by Gasteiger charge is 2.37. The Bertz CT molecular complexity index is 1530. The summed E-state index contributed by atoms with van der Waals surface area (Å²) in [6.07, 6.45) is 1.32. The van der Waals surface area contributed by atoms with Crippen LogP contribution in [0, 0.1) is 16.3 Å². The van der Waals surface area contributed by atoms with E-state index in [0.29, 0.717) is 19.8 Å². The Morgan fingerprint density at radius 1 is 1.13 bits per heavy atom. The quantitative estimate of drug-likeness (QED) is 0.207. The average molecular weight is 664 g/mol. The summed E-state index contributed by atoms with van der Waals surface area (Å²) in [6, 6.07) is 12.2. The van der Waals surface area contributed by atoms with Crippen molar-refractivity contribution < 1.29 is 33.0 Å². The summed E-state index contributed by atoms with van der Waals surface area (Å²) < 4.78 is 24.7. The lowest BCUT2D eigenvalue weighted by Gasteiger charge is -2.26. The number of ether oxygens (including phenoxy) is 2. The Balaban J connectivity index is 1.56. The molecule has 3 aromatic rings. The highest BCUT2D eigenvalue weighted by Crippen LogP contribution is 2.35. The summed E-state index contributed by atoms with van der Waals surface area (Å²) in [5.74, 6) is -2.08. The molecule has 1 heterocycles. The Morgan fingerprint density at radius 3 is 2.51 bits per heavy atom. The molecule has 12 heteroatoms. The van der Waals surface area contributed by atoms with E-state index in [1.807, 2.05) is 22.6 Å². The smallest absolute Gasteiger partial charge is 0.335 e. The van der Waals surface area contributed by atoms with Crippen molar-refractivity contribution in [2.24, 2.45) is 0 Å². The number of carbonyl (C=O) groups is 4. The van der Waals surface area contributed by atoms with E-state index in [9.17, 15) is 23.6 Å². The zero-order chi connectivity index (χ0) is 28.3. The van der Waals surface area contributed by atoms with Gasteiger partial charge in [0, 0.05) is 10.7 Å². The van der Waals surface area contributed by atoms with Crippen LogP contribution in [-0.4, -0.2) is 37.5 Å². The maximum Gasteiger partial charge on any atom is 0.335 e. The van der Waals surface area contributed by atoms with Crippen molar-refractivity contribution >= 4 is 75.4 Å². The number of halogens is 3. The fraction of sp³-hybridized carbons (Fsp3) is 0.111. The zero-order valence-corrected chi connectivity index (χ0v) is 23.4. The number of aryl methyl sites for hydroxylation is 1. The number of anilines is 2. The summed E-state index contributed by atoms with van der Waals surface area (Å²) in [6.45, 7) is 1.42. The Morgan fingerprint density at radius 2 is 1.85 bits per heavy atom. The maximum atomic E-state index is 13.2. The molecule has 200 valence electrons. The van der Waals surface area contributed by atoms with Gasteiger partial charge in [0.25, 0.3) is 17.7 Å². The van der Waals surface area contributed by atoms with Gasteiger partial charge in [-0.05, 0) is 95.2 Å². The third-order valence-electron chi connectivity index (χ3n) is 5.55. The first-order chi connectivity index (χ1) is 18.6. The molecule has 0 aliphatic carbocycles. The lowest BCUT2D eigenvalue weighted by Crippen LogP contribution is -2.54. The van der Waals surface area contributed by atoms with Gasteiger partial charge in [0.1, 0.15) is 11.4 Å². The fourth-order valence-corrected chi connectivity index (χ4v) is 4.57. The number of carbonyl (C=O) groups excluding carboxylic acids is 4. The standard InChI is InChI=1S/C27H20ClFIN3O6/c1-14-3-8-18(12-20(14)28)33-26(36)19(25(35)32-27(33)37)9-15-10-21(30)24(22(11-15)38-2)39-13-23(34)31-17-6-4-16(29)5-7-17/h3-12H,13H2,1-2H3,(H,31,34)(H,32,35,37)/b19-9+. The topological polar surface area (TPSA) is 114 Å². The van der Waals surface area contributed by atoms with E-state index >= 15 is 0 Å². The van der Waals surface area contributed by atoms with E-state index in [2.05, 4.69) is 10.6 Å². The highest BCUT2D eigenvalue weighted by molar-refractivity contribution is 14.1. The molecule has 0 unspecified atom stereocenters. The van der Waals surface area contributed by atoms with E-state index in [-0.39, 0.29) is 29.4 Å². The predicted molar refractivity (Wildman–Crippen MR) is 151 cm³/mol. The van der Waals surface area contributed by atoms with Crippen molar-refractivity contribution in [2.75, 3.05) is 23.9 Å². The van der Waals surface area contributed by atoms with Crippen molar-refractivity contribution in [1.29, 1.82) is 0 Å². The molecule has 0 bridgehead atoms. The minimum Gasteiger partial charge on any atom is -0.493 e. The van der Waals surface area contributed by atoms with Crippen LogP contribution in [0.4, 0.5) is 20.6 Å². The van der Waals surface area contributed by atoms with Crippen molar-refractivity contribution in [3.05, 3.63) is 85.7 Å².